The number of nitrogens with one attached hydrogen (secondary N) is 4. The van der Waals surface area contributed by atoms with E-state index in [0.717, 1.165) is 11.4 Å². The maximum Gasteiger partial charge on any atom is 0.271 e. The van der Waals surface area contributed by atoms with Gasteiger partial charge in [0.25, 0.3) is 11.8 Å². The van der Waals surface area contributed by atoms with Crippen LogP contribution in [0.25, 0.3) is 0 Å². The first-order chi connectivity index (χ1) is 10.1. The summed E-state index contributed by atoms with van der Waals surface area (Å²) in [5.74, 6) is -0.456. The van der Waals surface area contributed by atoms with Gasteiger partial charge in [0.2, 0.25) is 0 Å². The predicted octanol–water partition coefficient (Wildman–Crippen LogP) is 0.300. The number of amides is 2. The van der Waals surface area contributed by atoms with E-state index in [-0.39, 0.29) is 11.8 Å². The van der Waals surface area contributed by atoms with E-state index in [4.69, 9.17) is 0 Å². The van der Waals surface area contributed by atoms with Crippen LogP contribution >= 0.6 is 0 Å². The third-order valence-electron chi connectivity index (χ3n) is 2.80. The van der Waals surface area contributed by atoms with E-state index in [9.17, 15) is 9.59 Å². The lowest BCUT2D eigenvalue weighted by atomic mass is 10.3. The summed E-state index contributed by atoms with van der Waals surface area (Å²) in [5, 5.41) is 18.6. The van der Waals surface area contributed by atoms with Gasteiger partial charge < -0.3 is 10.6 Å². The highest BCUT2D eigenvalue weighted by Gasteiger charge is 2.09. The van der Waals surface area contributed by atoms with E-state index in [0.29, 0.717) is 30.9 Å². The highest BCUT2D eigenvalue weighted by molar-refractivity contribution is 5.92. The van der Waals surface area contributed by atoms with Crippen molar-refractivity contribution in [2.75, 3.05) is 13.1 Å². The van der Waals surface area contributed by atoms with Gasteiger partial charge in [-0.25, -0.2) is 0 Å². The van der Waals surface area contributed by atoms with E-state index >= 15 is 0 Å². The summed E-state index contributed by atoms with van der Waals surface area (Å²) in [6, 6.07) is 3.36. The third kappa shape index (κ3) is 4.16. The minimum atomic E-state index is -0.228. The van der Waals surface area contributed by atoms with Crippen molar-refractivity contribution < 1.29 is 9.59 Å². The summed E-state index contributed by atoms with van der Waals surface area (Å²) in [6.07, 6.45) is 0.629. The summed E-state index contributed by atoms with van der Waals surface area (Å²) in [4.78, 5) is 23.4. The number of carbonyl (C=O) groups is 2. The maximum atomic E-state index is 11.7. The second kappa shape index (κ2) is 6.69. The van der Waals surface area contributed by atoms with Crippen LogP contribution in [0.3, 0.4) is 0 Å². The lowest BCUT2D eigenvalue weighted by Crippen LogP contribution is -2.30. The number of H-pyrrole nitrogens is 2. The number of aryl methyl sites for hydroxylation is 2. The Labute approximate surface area is 121 Å². The molecular formula is C13H18N6O2. The Bertz CT molecular complexity index is 576. The molecule has 0 aliphatic rings. The monoisotopic (exact) mass is 290 g/mol. The number of aromatic nitrogens is 4. The molecule has 0 aliphatic heterocycles. The van der Waals surface area contributed by atoms with Gasteiger partial charge in [-0.1, -0.05) is 0 Å². The molecule has 8 heteroatoms. The molecule has 2 amide bonds. The second-order valence-electron chi connectivity index (χ2n) is 4.74. The van der Waals surface area contributed by atoms with Gasteiger partial charge >= 0.3 is 0 Å². The van der Waals surface area contributed by atoms with E-state index in [1.807, 2.05) is 13.8 Å². The van der Waals surface area contributed by atoms with Crippen molar-refractivity contribution in [2.24, 2.45) is 0 Å². The number of rotatable bonds is 6. The smallest absolute Gasteiger partial charge is 0.271 e. The van der Waals surface area contributed by atoms with Crippen LogP contribution < -0.4 is 10.6 Å². The van der Waals surface area contributed by atoms with Crippen LogP contribution in [0.5, 0.6) is 0 Å². The minimum absolute atomic E-state index is 0.228. The second-order valence-corrected chi connectivity index (χ2v) is 4.74. The number of hydrogen-bond donors (Lipinski definition) is 4. The molecule has 0 radical (unpaired) electrons. The average molecular weight is 290 g/mol. The largest absolute Gasteiger partial charge is 0.351 e. The quantitative estimate of drug-likeness (QED) is 0.572. The van der Waals surface area contributed by atoms with Gasteiger partial charge in [-0.05, 0) is 32.4 Å². The topological polar surface area (TPSA) is 116 Å². The summed E-state index contributed by atoms with van der Waals surface area (Å²) in [6.45, 7) is 4.58. The predicted molar refractivity (Wildman–Crippen MR) is 75.9 cm³/mol. The zero-order chi connectivity index (χ0) is 15.2. The molecule has 0 unspecified atom stereocenters. The van der Waals surface area contributed by atoms with Crippen molar-refractivity contribution in [2.45, 2.75) is 20.3 Å². The van der Waals surface area contributed by atoms with E-state index in [1.165, 1.54) is 0 Å². The average Bonchev–Trinajstić information content (AvgIpc) is 3.06. The van der Waals surface area contributed by atoms with Crippen molar-refractivity contribution in [3.05, 3.63) is 34.9 Å². The molecule has 8 nitrogen and oxygen atoms in total. The van der Waals surface area contributed by atoms with E-state index in [1.54, 1.807) is 12.1 Å². The zero-order valence-corrected chi connectivity index (χ0v) is 12.0. The number of carbonyl (C=O) groups excluding carboxylic acids is 2. The molecule has 0 bridgehead atoms. The minimum Gasteiger partial charge on any atom is -0.351 e. The normalized spacial score (nSPS) is 10.4. The fourth-order valence-corrected chi connectivity index (χ4v) is 1.74. The van der Waals surface area contributed by atoms with Crippen LogP contribution in [-0.4, -0.2) is 45.3 Å². The standard InChI is InChI=1S/C13H18N6O2/c1-8-6-10(18-16-8)12(20)14-4-3-5-15-13(21)11-7-9(2)17-19-11/h6-7H,3-5H2,1-2H3,(H,14,20)(H,15,21)(H,16,18)(H,17,19). The van der Waals surface area contributed by atoms with Gasteiger partial charge in [-0.3, -0.25) is 19.8 Å². The molecule has 4 N–H and O–H groups in total. The fourth-order valence-electron chi connectivity index (χ4n) is 1.74. The van der Waals surface area contributed by atoms with Crippen molar-refractivity contribution in [3.8, 4) is 0 Å². The van der Waals surface area contributed by atoms with Crippen LogP contribution in [0, 0.1) is 13.8 Å². The number of aromatic amines is 2. The van der Waals surface area contributed by atoms with Gasteiger partial charge in [-0.2, -0.15) is 10.2 Å². The lowest BCUT2D eigenvalue weighted by molar-refractivity contribution is 0.0946. The van der Waals surface area contributed by atoms with Crippen LogP contribution in [0.2, 0.25) is 0 Å². The highest BCUT2D eigenvalue weighted by atomic mass is 16.2. The molecule has 0 saturated heterocycles. The molecule has 0 aliphatic carbocycles. The number of hydrogen-bond acceptors (Lipinski definition) is 4. The van der Waals surface area contributed by atoms with E-state index in [2.05, 4.69) is 31.0 Å². The maximum absolute atomic E-state index is 11.7. The van der Waals surface area contributed by atoms with E-state index < -0.39 is 0 Å². The summed E-state index contributed by atoms with van der Waals surface area (Å²) < 4.78 is 0. The Morgan fingerprint density at radius 3 is 1.71 bits per heavy atom. The summed E-state index contributed by atoms with van der Waals surface area (Å²) in [5.41, 5.74) is 2.40. The van der Waals surface area contributed by atoms with Crippen molar-refractivity contribution in [1.29, 1.82) is 0 Å². The lowest BCUT2D eigenvalue weighted by Gasteiger charge is -2.04. The molecule has 0 atom stereocenters. The molecule has 2 aromatic heterocycles. The molecule has 0 aromatic carbocycles. The Morgan fingerprint density at radius 2 is 1.38 bits per heavy atom. The Hall–Kier alpha value is -2.64. The van der Waals surface area contributed by atoms with Gasteiger partial charge in [0.05, 0.1) is 0 Å². The van der Waals surface area contributed by atoms with Crippen LogP contribution in [-0.2, 0) is 0 Å². The van der Waals surface area contributed by atoms with Crippen molar-refractivity contribution >= 4 is 11.8 Å². The molecule has 0 fully saturated rings. The molecule has 21 heavy (non-hydrogen) atoms. The van der Waals surface area contributed by atoms with Gasteiger partial charge in [0, 0.05) is 24.5 Å². The molecule has 0 spiro atoms. The van der Waals surface area contributed by atoms with Gasteiger partial charge in [0.1, 0.15) is 11.4 Å². The van der Waals surface area contributed by atoms with Gasteiger partial charge in [-0.15, -0.1) is 0 Å². The first kappa shape index (κ1) is 14.8. The Morgan fingerprint density at radius 1 is 0.952 bits per heavy atom. The van der Waals surface area contributed by atoms with Crippen LogP contribution in [0.1, 0.15) is 38.8 Å². The molecule has 2 aromatic rings. The molecule has 2 heterocycles. The molecule has 2 rings (SSSR count). The van der Waals surface area contributed by atoms with Crippen molar-refractivity contribution in [1.82, 2.24) is 31.0 Å². The first-order valence-electron chi connectivity index (χ1n) is 6.66. The molecular weight excluding hydrogens is 272 g/mol. The van der Waals surface area contributed by atoms with Gasteiger partial charge in [0.15, 0.2) is 0 Å². The van der Waals surface area contributed by atoms with Crippen LogP contribution in [0.15, 0.2) is 12.1 Å². The third-order valence-corrected chi connectivity index (χ3v) is 2.80. The summed E-state index contributed by atoms with van der Waals surface area (Å²) >= 11 is 0. The summed E-state index contributed by atoms with van der Waals surface area (Å²) in [7, 11) is 0. The zero-order valence-electron chi connectivity index (χ0n) is 12.0. The Balaban J connectivity index is 1.64. The fraction of sp³-hybridized carbons (Fsp3) is 0.385. The molecule has 112 valence electrons. The first-order valence-corrected chi connectivity index (χ1v) is 6.66. The molecule has 0 saturated carbocycles. The van der Waals surface area contributed by atoms with Crippen molar-refractivity contribution in [3.63, 3.8) is 0 Å². The van der Waals surface area contributed by atoms with Crippen LogP contribution in [0.4, 0.5) is 0 Å². The Kier molecular flexibility index (Phi) is 4.70. The highest BCUT2D eigenvalue weighted by Crippen LogP contribution is 1.98. The SMILES string of the molecule is Cc1cc(C(=O)NCCCNC(=O)c2cc(C)[nH]n2)n[nH]1. The number of nitrogens with zero attached hydrogens (tertiary/aromatic N) is 2.